The Morgan fingerprint density at radius 3 is 2.37 bits per heavy atom. The zero-order chi connectivity index (χ0) is 22.3. The van der Waals surface area contributed by atoms with E-state index in [1.165, 1.54) is 19.2 Å². The molecule has 0 saturated heterocycles. The van der Waals surface area contributed by atoms with E-state index >= 15 is 0 Å². The monoisotopic (exact) mass is 436 g/mol. The molecule has 30 heavy (non-hydrogen) atoms. The Bertz CT molecular complexity index is 989. The number of rotatable bonds is 10. The van der Waals surface area contributed by atoms with Crippen molar-refractivity contribution in [2.45, 2.75) is 25.7 Å². The summed E-state index contributed by atoms with van der Waals surface area (Å²) in [6.07, 6.45) is 0. The SMILES string of the molecule is COc1ccc(NC(=O)COc2ccc(S(=O)(=O)NCC(C)C)cc2C)c(OC)c1. The third kappa shape index (κ3) is 6.36. The van der Waals surface area contributed by atoms with Crippen molar-refractivity contribution in [2.75, 3.05) is 32.7 Å². The van der Waals surface area contributed by atoms with Gasteiger partial charge in [-0.1, -0.05) is 13.8 Å². The fraction of sp³-hybridized carbons (Fsp3) is 0.381. The molecule has 0 saturated carbocycles. The van der Waals surface area contributed by atoms with E-state index in [9.17, 15) is 13.2 Å². The second-order valence-electron chi connectivity index (χ2n) is 7.08. The molecule has 0 aliphatic rings. The normalized spacial score (nSPS) is 11.3. The zero-order valence-electron chi connectivity index (χ0n) is 17.8. The topological polar surface area (TPSA) is 103 Å². The van der Waals surface area contributed by atoms with Gasteiger partial charge in [0.1, 0.15) is 17.2 Å². The van der Waals surface area contributed by atoms with Crippen molar-refractivity contribution < 1.29 is 27.4 Å². The van der Waals surface area contributed by atoms with E-state index in [2.05, 4.69) is 10.0 Å². The first kappa shape index (κ1) is 23.5. The lowest BCUT2D eigenvalue weighted by Gasteiger charge is -2.14. The highest BCUT2D eigenvalue weighted by molar-refractivity contribution is 7.89. The Labute approximate surface area is 177 Å². The number of sulfonamides is 1. The lowest BCUT2D eigenvalue weighted by atomic mass is 10.2. The molecule has 164 valence electrons. The first-order valence-electron chi connectivity index (χ1n) is 9.41. The average Bonchev–Trinajstić information content (AvgIpc) is 2.71. The Hall–Kier alpha value is -2.78. The van der Waals surface area contributed by atoms with Crippen LogP contribution in [0.1, 0.15) is 19.4 Å². The lowest BCUT2D eigenvalue weighted by molar-refractivity contribution is -0.118. The van der Waals surface area contributed by atoms with Gasteiger partial charge in [0.2, 0.25) is 10.0 Å². The van der Waals surface area contributed by atoms with Crippen LogP contribution in [0.25, 0.3) is 0 Å². The third-order valence-electron chi connectivity index (χ3n) is 4.18. The van der Waals surface area contributed by atoms with Crippen LogP contribution in [0.5, 0.6) is 17.2 Å². The summed E-state index contributed by atoms with van der Waals surface area (Å²) in [7, 11) is -0.551. The van der Waals surface area contributed by atoms with Crippen molar-refractivity contribution in [1.29, 1.82) is 0 Å². The average molecular weight is 437 g/mol. The standard InChI is InChI=1S/C21H28N2O6S/c1-14(2)12-22-30(25,26)17-7-9-19(15(3)10-17)29-13-21(24)23-18-8-6-16(27-4)11-20(18)28-5/h6-11,14,22H,12-13H2,1-5H3,(H,23,24). The fourth-order valence-electron chi connectivity index (χ4n) is 2.54. The van der Waals surface area contributed by atoms with Crippen LogP contribution in [0.4, 0.5) is 5.69 Å². The van der Waals surface area contributed by atoms with Gasteiger partial charge in [-0.15, -0.1) is 0 Å². The fourth-order valence-corrected chi connectivity index (χ4v) is 3.84. The van der Waals surface area contributed by atoms with E-state index in [1.807, 2.05) is 13.8 Å². The number of anilines is 1. The van der Waals surface area contributed by atoms with Gasteiger partial charge in [0.15, 0.2) is 6.61 Å². The number of hydrogen-bond acceptors (Lipinski definition) is 6. The molecule has 0 aromatic heterocycles. The minimum absolute atomic E-state index is 0.153. The molecule has 0 radical (unpaired) electrons. The molecule has 2 N–H and O–H groups in total. The summed E-state index contributed by atoms with van der Waals surface area (Å²) in [5.41, 5.74) is 1.10. The maximum Gasteiger partial charge on any atom is 0.262 e. The van der Waals surface area contributed by atoms with Crippen molar-refractivity contribution >= 4 is 21.6 Å². The molecule has 2 aromatic rings. The third-order valence-corrected chi connectivity index (χ3v) is 5.60. The first-order chi connectivity index (χ1) is 14.2. The highest BCUT2D eigenvalue weighted by Gasteiger charge is 2.16. The Kier molecular flexibility index (Phi) is 8.08. The number of aryl methyl sites for hydroxylation is 1. The molecule has 8 nitrogen and oxygen atoms in total. The lowest BCUT2D eigenvalue weighted by Crippen LogP contribution is -2.27. The van der Waals surface area contributed by atoms with Crippen molar-refractivity contribution in [3.8, 4) is 17.2 Å². The Balaban J connectivity index is 2.01. The van der Waals surface area contributed by atoms with Crippen LogP contribution in [0, 0.1) is 12.8 Å². The molecule has 2 rings (SSSR count). The minimum atomic E-state index is -3.59. The van der Waals surface area contributed by atoms with Gasteiger partial charge >= 0.3 is 0 Å². The van der Waals surface area contributed by atoms with E-state index in [0.29, 0.717) is 35.0 Å². The molecule has 0 unspecified atom stereocenters. The highest BCUT2D eigenvalue weighted by Crippen LogP contribution is 2.29. The Morgan fingerprint density at radius 1 is 1.03 bits per heavy atom. The molecular weight excluding hydrogens is 408 g/mol. The van der Waals surface area contributed by atoms with E-state index in [1.54, 1.807) is 38.3 Å². The van der Waals surface area contributed by atoms with Gasteiger partial charge in [-0.2, -0.15) is 0 Å². The van der Waals surface area contributed by atoms with Gasteiger partial charge in [-0.05, 0) is 48.7 Å². The molecule has 0 heterocycles. The molecule has 0 fully saturated rings. The number of nitrogens with one attached hydrogen (secondary N) is 2. The predicted molar refractivity (Wildman–Crippen MR) is 115 cm³/mol. The summed E-state index contributed by atoms with van der Waals surface area (Å²) in [5.74, 6) is 1.31. The number of carbonyl (C=O) groups is 1. The molecule has 0 spiro atoms. The van der Waals surface area contributed by atoms with E-state index in [-0.39, 0.29) is 23.3 Å². The second kappa shape index (κ2) is 10.3. The van der Waals surface area contributed by atoms with Crippen molar-refractivity contribution in [1.82, 2.24) is 4.72 Å². The molecule has 2 aromatic carbocycles. The van der Waals surface area contributed by atoms with Gasteiger partial charge in [0.25, 0.3) is 5.91 Å². The number of benzene rings is 2. The van der Waals surface area contributed by atoms with Crippen molar-refractivity contribution in [2.24, 2.45) is 5.92 Å². The Morgan fingerprint density at radius 2 is 1.77 bits per heavy atom. The summed E-state index contributed by atoms with van der Waals surface area (Å²) in [6, 6.07) is 9.55. The number of methoxy groups -OCH3 is 2. The molecule has 0 aliphatic heterocycles. The van der Waals surface area contributed by atoms with Crippen LogP contribution >= 0.6 is 0 Å². The summed E-state index contributed by atoms with van der Waals surface area (Å²) in [6.45, 7) is 5.69. The predicted octanol–water partition coefficient (Wildman–Crippen LogP) is 2.96. The maximum atomic E-state index is 12.3. The molecule has 9 heteroatoms. The largest absolute Gasteiger partial charge is 0.497 e. The molecular formula is C21H28N2O6S. The van der Waals surface area contributed by atoms with Gasteiger partial charge in [-0.25, -0.2) is 13.1 Å². The zero-order valence-corrected chi connectivity index (χ0v) is 18.6. The van der Waals surface area contributed by atoms with Crippen LogP contribution < -0.4 is 24.2 Å². The molecule has 0 atom stereocenters. The van der Waals surface area contributed by atoms with Crippen LogP contribution in [0.2, 0.25) is 0 Å². The van der Waals surface area contributed by atoms with Crippen LogP contribution in [-0.2, 0) is 14.8 Å². The minimum Gasteiger partial charge on any atom is -0.497 e. The molecule has 0 bridgehead atoms. The van der Waals surface area contributed by atoms with Crippen LogP contribution in [0.3, 0.4) is 0 Å². The van der Waals surface area contributed by atoms with E-state index < -0.39 is 10.0 Å². The molecule has 0 aliphatic carbocycles. The number of hydrogen-bond donors (Lipinski definition) is 2. The number of amides is 1. The van der Waals surface area contributed by atoms with Gasteiger partial charge in [0, 0.05) is 12.6 Å². The summed E-state index contributed by atoms with van der Waals surface area (Å²) < 4.78 is 43.2. The van der Waals surface area contributed by atoms with Crippen LogP contribution in [0.15, 0.2) is 41.3 Å². The first-order valence-corrected chi connectivity index (χ1v) is 10.9. The van der Waals surface area contributed by atoms with Crippen LogP contribution in [-0.4, -0.2) is 41.7 Å². The number of ether oxygens (including phenoxy) is 3. The number of carbonyl (C=O) groups excluding carboxylic acids is 1. The smallest absolute Gasteiger partial charge is 0.262 e. The summed E-state index contributed by atoms with van der Waals surface area (Å²) >= 11 is 0. The van der Waals surface area contributed by atoms with Gasteiger partial charge in [0.05, 0.1) is 24.8 Å². The maximum absolute atomic E-state index is 12.3. The van der Waals surface area contributed by atoms with E-state index in [4.69, 9.17) is 14.2 Å². The van der Waals surface area contributed by atoms with E-state index in [0.717, 1.165) is 0 Å². The van der Waals surface area contributed by atoms with Gasteiger partial charge < -0.3 is 19.5 Å². The second-order valence-corrected chi connectivity index (χ2v) is 8.84. The quantitative estimate of drug-likeness (QED) is 0.594. The van der Waals surface area contributed by atoms with Gasteiger partial charge in [-0.3, -0.25) is 4.79 Å². The summed E-state index contributed by atoms with van der Waals surface area (Å²) in [4.78, 5) is 12.4. The molecule has 1 amide bonds. The highest BCUT2D eigenvalue weighted by atomic mass is 32.2. The van der Waals surface area contributed by atoms with Crippen molar-refractivity contribution in [3.63, 3.8) is 0 Å². The summed E-state index contributed by atoms with van der Waals surface area (Å²) in [5, 5.41) is 2.72. The van der Waals surface area contributed by atoms with Crippen molar-refractivity contribution in [3.05, 3.63) is 42.0 Å².